The van der Waals surface area contributed by atoms with Crippen LogP contribution in [0.1, 0.15) is 76.0 Å². The van der Waals surface area contributed by atoms with Gasteiger partial charge in [-0.25, -0.2) is 0 Å². The molecule has 1 aliphatic rings. The molecule has 1 heterocycles. The molecule has 1 aromatic heterocycles. The van der Waals surface area contributed by atoms with Crippen LogP contribution in [0.2, 0.25) is 0 Å². The number of aromatic nitrogens is 2. The van der Waals surface area contributed by atoms with Crippen LogP contribution in [0.4, 0.5) is 5.82 Å². The van der Waals surface area contributed by atoms with Gasteiger partial charge in [0.2, 0.25) is 0 Å². The van der Waals surface area contributed by atoms with Crippen molar-refractivity contribution in [1.29, 1.82) is 0 Å². The second-order valence-electron chi connectivity index (χ2n) is 6.51. The molecule has 108 valence electrons. The first kappa shape index (κ1) is 14.4. The second-order valence-corrected chi connectivity index (χ2v) is 6.51. The van der Waals surface area contributed by atoms with Crippen LogP contribution in [-0.2, 0) is 13.5 Å². The first-order chi connectivity index (χ1) is 9.09. The minimum Gasteiger partial charge on any atom is -0.384 e. The summed E-state index contributed by atoms with van der Waals surface area (Å²) in [5, 5.41) is 4.75. The zero-order valence-corrected chi connectivity index (χ0v) is 12.8. The molecular formula is C16H29N3. The van der Waals surface area contributed by atoms with Crippen molar-refractivity contribution in [1.82, 2.24) is 9.78 Å². The topological polar surface area (TPSA) is 43.8 Å². The van der Waals surface area contributed by atoms with E-state index in [2.05, 4.69) is 13.8 Å². The lowest BCUT2D eigenvalue weighted by Crippen LogP contribution is -2.07. The standard InChI is InChI=1S/C16H29N3/c1-12(2)11-14-15(18-19(3)16(14)17)13-9-7-5-4-6-8-10-13/h12-13H,4-11,17H2,1-3H3. The number of hydrogen-bond acceptors (Lipinski definition) is 2. The van der Waals surface area contributed by atoms with Gasteiger partial charge in [0.25, 0.3) is 0 Å². The molecule has 1 saturated carbocycles. The first-order valence-corrected chi connectivity index (χ1v) is 7.90. The summed E-state index contributed by atoms with van der Waals surface area (Å²) in [5.74, 6) is 2.15. The van der Waals surface area contributed by atoms with Crippen LogP contribution in [0.5, 0.6) is 0 Å². The van der Waals surface area contributed by atoms with E-state index in [0.717, 1.165) is 12.2 Å². The van der Waals surface area contributed by atoms with Gasteiger partial charge in [0.1, 0.15) is 5.82 Å². The fourth-order valence-corrected chi connectivity index (χ4v) is 3.28. The number of aryl methyl sites for hydroxylation is 1. The molecule has 0 spiro atoms. The molecule has 0 amide bonds. The van der Waals surface area contributed by atoms with Crippen molar-refractivity contribution in [2.75, 3.05) is 5.73 Å². The minimum absolute atomic E-state index is 0.637. The number of nitrogens with two attached hydrogens (primary N) is 1. The van der Waals surface area contributed by atoms with Crippen LogP contribution in [0, 0.1) is 5.92 Å². The number of hydrogen-bond donors (Lipinski definition) is 1. The Labute approximate surface area is 117 Å². The van der Waals surface area contributed by atoms with Crippen molar-refractivity contribution < 1.29 is 0 Å². The monoisotopic (exact) mass is 263 g/mol. The third-order valence-corrected chi connectivity index (χ3v) is 4.33. The fraction of sp³-hybridized carbons (Fsp3) is 0.812. The Bertz CT molecular complexity index is 398. The smallest absolute Gasteiger partial charge is 0.124 e. The first-order valence-electron chi connectivity index (χ1n) is 7.90. The van der Waals surface area contributed by atoms with E-state index in [1.807, 2.05) is 11.7 Å². The molecule has 0 unspecified atom stereocenters. The summed E-state index contributed by atoms with van der Waals surface area (Å²) in [6.07, 6.45) is 10.5. The van der Waals surface area contributed by atoms with Crippen molar-refractivity contribution in [2.24, 2.45) is 13.0 Å². The molecule has 0 aliphatic heterocycles. The summed E-state index contributed by atoms with van der Waals surface area (Å²) >= 11 is 0. The van der Waals surface area contributed by atoms with E-state index in [4.69, 9.17) is 10.8 Å². The highest BCUT2D eigenvalue weighted by Crippen LogP contribution is 2.34. The molecule has 0 aromatic carbocycles. The van der Waals surface area contributed by atoms with Crippen LogP contribution < -0.4 is 5.73 Å². The van der Waals surface area contributed by atoms with Crippen LogP contribution >= 0.6 is 0 Å². The van der Waals surface area contributed by atoms with Crippen LogP contribution in [-0.4, -0.2) is 9.78 Å². The second kappa shape index (κ2) is 6.44. The van der Waals surface area contributed by atoms with E-state index < -0.39 is 0 Å². The maximum Gasteiger partial charge on any atom is 0.124 e. The molecule has 0 saturated heterocycles. The molecule has 3 heteroatoms. The Kier molecular flexibility index (Phi) is 4.89. The number of rotatable bonds is 3. The van der Waals surface area contributed by atoms with Gasteiger partial charge < -0.3 is 5.73 Å². The van der Waals surface area contributed by atoms with Crippen molar-refractivity contribution in [3.63, 3.8) is 0 Å². The quantitative estimate of drug-likeness (QED) is 0.894. The lowest BCUT2D eigenvalue weighted by Gasteiger charge is -2.19. The number of nitrogen functional groups attached to an aromatic ring is 1. The van der Waals surface area contributed by atoms with E-state index in [1.54, 1.807) is 0 Å². The predicted molar refractivity (Wildman–Crippen MR) is 81.2 cm³/mol. The van der Waals surface area contributed by atoms with Crippen LogP contribution in [0.3, 0.4) is 0 Å². The summed E-state index contributed by atoms with van der Waals surface area (Å²) in [6, 6.07) is 0. The van der Waals surface area contributed by atoms with E-state index >= 15 is 0 Å². The summed E-state index contributed by atoms with van der Waals surface area (Å²) < 4.78 is 1.88. The molecule has 19 heavy (non-hydrogen) atoms. The summed E-state index contributed by atoms with van der Waals surface area (Å²) in [4.78, 5) is 0. The largest absolute Gasteiger partial charge is 0.384 e. The van der Waals surface area contributed by atoms with Gasteiger partial charge in [-0.1, -0.05) is 46.0 Å². The van der Waals surface area contributed by atoms with Crippen molar-refractivity contribution in [3.05, 3.63) is 11.3 Å². The van der Waals surface area contributed by atoms with E-state index in [0.29, 0.717) is 11.8 Å². The van der Waals surface area contributed by atoms with Gasteiger partial charge in [0.05, 0.1) is 5.69 Å². The van der Waals surface area contributed by atoms with Crippen molar-refractivity contribution in [3.8, 4) is 0 Å². The highest BCUT2D eigenvalue weighted by atomic mass is 15.3. The molecule has 2 N–H and O–H groups in total. The Hall–Kier alpha value is -0.990. The highest BCUT2D eigenvalue weighted by Gasteiger charge is 2.23. The van der Waals surface area contributed by atoms with Gasteiger partial charge in [0.15, 0.2) is 0 Å². The van der Waals surface area contributed by atoms with Gasteiger partial charge in [-0.15, -0.1) is 0 Å². The minimum atomic E-state index is 0.637. The predicted octanol–water partition coefficient (Wildman–Crippen LogP) is 4.03. The average Bonchev–Trinajstić information content (AvgIpc) is 2.56. The van der Waals surface area contributed by atoms with Gasteiger partial charge in [-0.05, 0) is 25.2 Å². The Morgan fingerprint density at radius 1 is 1.16 bits per heavy atom. The third-order valence-electron chi connectivity index (χ3n) is 4.33. The van der Waals surface area contributed by atoms with Crippen LogP contribution in [0.15, 0.2) is 0 Å². The Morgan fingerprint density at radius 2 is 1.74 bits per heavy atom. The zero-order valence-electron chi connectivity index (χ0n) is 12.8. The van der Waals surface area contributed by atoms with Gasteiger partial charge in [-0.2, -0.15) is 5.10 Å². The molecule has 1 aromatic rings. The summed E-state index contributed by atoms with van der Waals surface area (Å²) in [7, 11) is 1.98. The SMILES string of the molecule is CC(C)Cc1c(C2CCCCCCC2)nn(C)c1N. The Morgan fingerprint density at radius 3 is 2.32 bits per heavy atom. The van der Waals surface area contributed by atoms with Gasteiger partial charge in [0, 0.05) is 18.5 Å². The lowest BCUT2D eigenvalue weighted by atomic mass is 9.86. The summed E-state index contributed by atoms with van der Waals surface area (Å²) in [5.41, 5.74) is 8.85. The zero-order chi connectivity index (χ0) is 13.8. The van der Waals surface area contributed by atoms with E-state index in [-0.39, 0.29) is 0 Å². The Balaban J connectivity index is 2.23. The molecule has 0 bridgehead atoms. The molecule has 2 rings (SSSR count). The van der Waals surface area contributed by atoms with E-state index in [9.17, 15) is 0 Å². The maximum atomic E-state index is 6.23. The van der Waals surface area contributed by atoms with Crippen molar-refractivity contribution in [2.45, 2.75) is 71.1 Å². The van der Waals surface area contributed by atoms with Crippen LogP contribution in [0.25, 0.3) is 0 Å². The van der Waals surface area contributed by atoms with Crippen molar-refractivity contribution >= 4 is 5.82 Å². The molecule has 0 radical (unpaired) electrons. The maximum absolute atomic E-state index is 6.23. The third kappa shape index (κ3) is 3.52. The molecular weight excluding hydrogens is 234 g/mol. The van der Waals surface area contributed by atoms with Gasteiger partial charge >= 0.3 is 0 Å². The molecule has 1 fully saturated rings. The number of nitrogens with zero attached hydrogens (tertiary/aromatic N) is 2. The molecule has 0 atom stereocenters. The summed E-state index contributed by atoms with van der Waals surface area (Å²) in [6.45, 7) is 4.52. The average molecular weight is 263 g/mol. The fourth-order valence-electron chi connectivity index (χ4n) is 3.28. The normalized spacial score (nSPS) is 18.5. The molecule has 1 aliphatic carbocycles. The van der Waals surface area contributed by atoms with E-state index in [1.165, 1.54) is 56.2 Å². The van der Waals surface area contributed by atoms with Gasteiger partial charge in [-0.3, -0.25) is 4.68 Å². The highest BCUT2D eigenvalue weighted by molar-refractivity contribution is 5.45. The lowest BCUT2D eigenvalue weighted by molar-refractivity contribution is 0.444. The number of anilines is 1. The molecule has 3 nitrogen and oxygen atoms in total.